The van der Waals surface area contributed by atoms with E-state index in [1.54, 1.807) is 28.9 Å². The molecule has 1 aliphatic carbocycles. The van der Waals surface area contributed by atoms with Crippen LogP contribution in [0.25, 0.3) is 11.3 Å². The molecule has 0 aromatic carbocycles. The van der Waals surface area contributed by atoms with E-state index < -0.39 is 18.1 Å². The first-order chi connectivity index (χ1) is 13.7. The summed E-state index contributed by atoms with van der Waals surface area (Å²) in [4.78, 5) is 32.0. The Bertz CT molecular complexity index is 1080. The summed E-state index contributed by atoms with van der Waals surface area (Å²) >= 11 is 0. The molecule has 8 nitrogen and oxygen atoms in total. The molecule has 3 heterocycles. The third-order valence-electron chi connectivity index (χ3n) is 4.59. The zero-order valence-corrected chi connectivity index (χ0v) is 15.3. The number of halogens is 3. The lowest BCUT2D eigenvalue weighted by Crippen LogP contribution is -2.43. The summed E-state index contributed by atoms with van der Waals surface area (Å²) in [6.45, 7) is 0.863. The molecule has 152 valence electrons. The molecule has 0 radical (unpaired) electrons. The second-order valence-electron chi connectivity index (χ2n) is 6.95. The summed E-state index contributed by atoms with van der Waals surface area (Å²) in [5, 5.41) is 4.64. The number of carbonyl (C=O) groups excluding carboxylic acids is 2. The fourth-order valence-electron chi connectivity index (χ4n) is 2.70. The van der Waals surface area contributed by atoms with Crippen LogP contribution in [0.3, 0.4) is 0 Å². The van der Waals surface area contributed by atoms with E-state index in [9.17, 15) is 22.8 Å². The zero-order valence-electron chi connectivity index (χ0n) is 15.3. The zero-order chi connectivity index (χ0) is 20.8. The second kappa shape index (κ2) is 6.90. The van der Waals surface area contributed by atoms with Crippen LogP contribution < -0.4 is 10.6 Å². The lowest BCUT2D eigenvalue weighted by molar-refractivity contribution is -0.149. The lowest BCUT2D eigenvalue weighted by atomic mass is 10.3. The molecule has 0 bridgehead atoms. The molecule has 1 atom stereocenters. The van der Waals surface area contributed by atoms with Crippen molar-refractivity contribution in [3.63, 3.8) is 0 Å². The highest BCUT2D eigenvalue weighted by atomic mass is 19.4. The van der Waals surface area contributed by atoms with Gasteiger partial charge in [0.2, 0.25) is 5.91 Å². The molecule has 29 heavy (non-hydrogen) atoms. The van der Waals surface area contributed by atoms with E-state index >= 15 is 0 Å². The third kappa shape index (κ3) is 4.08. The number of alkyl halides is 3. The predicted octanol–water partition coefficient (Wildman–Crippen LogP) is 2.55. The maximum absolute atomic E-state index is 12.6. The van der Waals surface area contributed by atoms with Crippen molar-refractivity contribution in [2.24, 2.45) is 5.92 Å². The Morgan fingerprint density at radius 3 is 2.66 bits per heavy atom. The van der Waals surface area contributed by atoms with Crippen LogP contribution in [0.15, 0.2) is 37.1 Å². The van der Waals surface area contributed by atoms with E-state index in [0.717, 1.165) is 19.8 Å². The molecule has 0 saturated heterocycles. The summed E-state index contributed by atoms with van der Waals surface area (Å²) in [6, 6.07) is 1.45. The van der Waals surface area contributed by atoms with Gasteiger partial charge in [-0.1, -0.05) is 0 Å². The highest BCUT2D eigenvalue weighted by Gasteiger charge is 2.37. The van der Waals surface area contributed by atoms with Gasteiger partial charge in [0.05, 0.1) is 11.9 Å². The van der Waals surface area contributed by atoms with Crippen molar-refractivity contribution in [1.82, 2.24) is 24.3 Å². The van der Waals surface area contributed by atoms with Gasteiger partial charge in [0.25, 0.3) is 5.91 Å². The average Bonchev–Trinajstić information content (AvgIpc) is 3.25. The average molecular weight is 406 g/mol. The van der Waals surface area contributed by atoms with Gasteiger partial charge in [-0.15, -0.1) is 0 Å². The number of hydrogen-bond donors (Lipinski definition) is 2. The van der Waals surface area contributed by atoms with Crippen LogP contribution in [-0.4, -0.2) is 43.0 Å². The molecule has 2 amide bonds. The Kier molecular flexibility index (Phi) is 4.52. The van der Waals surface area contributed by atoms with Crippen molar-refractivity contribution < 1.29 is 22.8 Å². The maximum atomic E-state index is 12.6. The number of imidazole rings is 2. The van der Waals surface area contributed by atoms with Gasteiger partial charge in [0, 0.05) is 18.3 Å². The molecule has 0 spiro atoms. The van der Waals surface area contributed by atoms with E-state index in [1.165, 1.54) is 17.1 Å². The third-order valence-corrected chi connectivity index (χ3v) is 4.59. The van der Waals surface area contributed by atoms with Crippen molar-refractivity contribution in [2.45, 2.75) is 32.0 Å². The minimum Gasteiger partial charge on any atom is -0.339 e. The molecule has 2 N–H and O–H groups in total. The minimum absolute atomic E-state index is 0.0491. The van der Waals surface area contributed by atoms with Crippen LogP contribution in [0.4, 0.5) is 19.0 Å². The topological polar surface area (TPSA) is 93.3 Å². The van der Waals surface area contributed by atoms with Crippen LogP contribution in [0, 0.1) is 5.92 Å². The summed E-state index contributed by atoms with van der Waals surface area (Å²) in [6.07, 6.45) is 3.29. The first-order valence-corrected chi connectivity index (χ1v) is 8.92. The summed E-state index contributed by atoms with van der Waals surface area (Å²) in [5.74, 6) is -0.467. The molecular weight excluding hydrogens is 389 g/mol. The number of amides is 2. The molecule has 1 aliphatic rings. The maximum Gasteiger partial charge on any atom is 0.408 e. The van der Waals surface area contributed by atoms with Gasteiger partial charge in [-0.2, -0.15) is 13.2 Å². The van der Waals surface area contributed by atoms with Gasteiger partial charge >= 0.3 is 6.18 Å². The lowest BCUT2D eigenvalue weighted by Gasteiger charge is -2.16. The predicted molar refractivity (Wildman–Crippen MR) is 96.7 cm³/mol. The Labute approximate surface area is 162 Å². The van der Waals surface area contributed by atoms with E-state index in [2.05, 4.69) is 15.3 Å². The molecule has 3 aromatic rings. The Hall–Kier alpha value is -3.37. The van der Waals surface area contributed by atoms with Crippen LogP contribution in [0.1, 0.15) is 30.3 Å². The number of hydrogen-bond acceptors (Lipinski definition) is 4. The summed E-state index contributed by atoms with van der Waals surface area (Å²) in [7, 11) is 0. The van der Waals surface area contributed by atoms with Crippen LogP contribution in [0.5, 0.6) is 0 Å². The largest absolute Gasteiger partial charge is 0.408 e. The van der Waals surface area contributed by atoms with Gasteiger partial charge < -0.3 is 19.6 Å². The van der Waals surface area contributed by atoms with E-state index in [4.69, 9.17) is 0 Å². The van der Waals surface area contributed by atoms with Crippen molar-refractivity contribution in [1.29, 1.82) is 0 Å². The number of nitrogens with zero attached hydrogens (tertiary/aromatic N) is 4. The molecule has 1 fully saturated rings. The van der Waals surface area contributed by atoms with Gasteiger partial charge in [0.15, 0.2) is 5.82 Å². The Morgan fingerprint density at radius 1 is 1.21 bits per heavy atom. The van der Waals surface area contributed by atoms with E-state index in [0.29, 0.717) is 17.2 Å². The molecule has 3 aromatic heterocycles. The molecule has 4 rings (SSSR count). The molecule has 1 saturated carbocycles. The molecular formula is C18H17F3N6O2. The van der Waals surface area contributed by atoms with E-state index in [-0.39, 0.29) is 17.5 Å². The second-order valence-corrected chi connectivity index (χ2v) is 6.95. The van der Waals surface area contributed by atoms with Gasteiger partial charge in [0.1, 0.15) is 23.7 Å². The van der Waals surface area contributed by atoms with Gasteiger partial charge in [-0.3, -0.25) is 9.59 Å². The van der Waals surface area contributed by atoms with Crippen molar-refractivity contribution in [2.75, 3.05) is 5.32 Å². The quantitative estimate of drug-likeness (QED) is 0.681. The highest BCUT2D eigenvalue weighted by molar-refractivity contribution is 5.93. The first kappa shape index (κ1) is 19.0. The van der Waals surface area contributed by atoms with Crippen molar-refractivity contribution in [3.05, 3.63) is 42.7 Å². The van der Waals surface area contributed by atoms with Crippen LogP contribution in [-0.2, 0) is 4.79 Å². The number of rotatable bonds is 5. The summed E-state index contributed by atoms with van der Waals surface area (Å²) in [5.41, 5.74) is 1.09. The normalized spacial score (nSPS) is 15.3. The smallest absolute Gasteiger partial charge is 0.339 e. The van der Waals surface area contributed by atoms with Crippen molar-refractivity contribution in [3.8, 4) is 5.69 Å². The SMILES string of the molecule is CC(NC(=O)c1cn(-c2ccc3nc(NC(=O)C4CC4)cn3c2)cn1)C(F)(F)F. The Morgan fingerprint density at radius 2 is 1.97 bits per heavy atom. The fraction of sp³-hybridized carbons (Fsp3) is 0.333. The van der Waals surface area contributed by atoms with E-state index in [1.807, 2.05) is 5.32 Å². The molecule has 1 unspecified atom stereocenters. The molecule has 0 aliphatic heterocycles. The molecule has 11 heteroatoms. The number of anilines is 1. The number of pyridine rings is 1. The first-order valence-electron chi connectivity index (χ1n) is 8.92. The number of aromatic nitrogens is 4. The number of fused-ring (bicyclic) bond motifs is 1. The number of nitrogens with one attached hydrogen (secondary N) is 2. The Balaban J connectivity index is 1.51. The van der Waals surface area contributed by atoms with Gasteiger partial charge in [-0.05, 0) is 31.9 Å². The monoisotopic (exact) mass is 406 g/mol. The van der Waals surface area contributed by atoms with Crippen LogP contribution in [0.2, 0.25) is 0 Å². The van der Waals surface area contributed by atoms with Crippen molar-refractivity contribution >= 4 is 23.3 Å². The summed E-state index contributed by atoms with van der Waals surface area (Å²) < 4.78 is 41.0. The standard InChI is InChI=1S/C18H17F3N6O2/c1-10(18(19,20)21)23-17(29)13-7-27(9-22-13)12-4-5-15-24-14(8-26(15)6-12)25-16(28)11-2-3-11/h4-11H,2-3H2,1H3,(H,23,29)(H,25,28). The van der Waals surface area contributed by atoms with Crippen LogP contribution >= 0.6 is 0 Å². The number of carbonyl (C=O) groups is 2. The fourth-order valence-corrected chi connectivity index (χ4v) is 2.70. The minimum atomic E-state index is -4.53. The highest BCUT2D eigenvalue weighted by Crippen LogP contribution is 2.30. The van der Waals surface area contributed by atoms with Gasteiger partial charge in [-0.25, -0.2) is 9.97 Å².